The van der Waals surface area contributed by atoms with Crippen LogP contribution in [0, 0.1) is 18.3 Å². The van der Waals surface area contributed by atoms with Gasteiger partial charge in [0.25, 0.3) is 0 Å². The fourth-order valence-corrected chi connectivity index (χ4v) is 2.72. The minimum Gasteiger partial charge on any atom is -0.0528 e. The van der Waals surface area contributed by atoms with Crippen LogP contribution in [0.2, 0.25) is 0 Å². The van der Waals surface area contributed by atoms with Crippen LogP contribution in [0.3, 0.4) is 0 Å². The lowest BCUT2D eigenvalue weighted by Gasteiger charge is -2.28. The van der Waals surface area contributed by atoms with E-state index in [1.165, 1.54) is 51.4 Å². The summed E-state index contributed by atoms with van der Waals surface area (Å²) in [5.74, 6) is 2.13. The topological polar surface area (TPSA) is 0 Å². The Bertz CT molecular complexity index is 81.4. The van der Waals surface area contributed by atoms with E-state index in [0.29, 0.717) is 0 Å². The number of hydrogen-bond acceptors (Lipinski definition) is 0. The smallest absolute Gasteiger partial charge is 0.0380 e. The molecule has 0 heteroatoms. The van der Waals surface area contributed by atoms with Crippen LogP contribution < -0.4 is 0 Å². The van der Waals surface area contributed by atoms with Crippen LogP contribution in [-0.4, -0.2) is 0 Å². The van der Waals surface area contributed by atoms with Gasteiger partial charge in [-0.1, -0.05) is 38.5 Å². The van der Waals surface area contributed by atoms with Gasteiger partial charge in [0, 0.05) is 0 Å². The van der Waals surface area contributed by atoms with E-state index in [-0.39, 0.29) is 0 Å². The fourth-order valence-electron chi connectivity index (χ4n) is 2.72. The molecule has 11 heavy (non-hydrogen) atoms. The molecule has 0 aromatic carbocycles. The van der Waals surface area contributed by atoms with Crippen molar-refractivity contribution < 1.29 is 0 Å². The van der Waals surface area contributed by atoms with Gasteiger partial charge < -0.3 is 0 Å². The molecule has 0 amide bonds. The van der Waals surface area contributed by atoms with Crippen molar-refractivity contribution in [3.63, 3.8) is 0 Å². The van der Waals surface area contributed by atoms with Gasteiger partial charge in [-0.3, -0.25) is 0 Å². The van der Waals surface area contributed by atoms with Gasteiger partial charge in [-0.15, -0.1) is 0 Å². The monoisotopic (exact) mass is 151 g/mol. The molecule has 0 saturated heterocycles. The number of fused-ring (bicyclic) bond motifs is 6. The molecule has 3 rings (SSSR count). The lowest BCUT2D eigenvalue weighted by atomic mass is 9.78. The van der Waals surface area contributed by atoms with E-state index in [9.17, 15) is 0 Å². The Balaban J connectivity index is 1.96. The molecule has 0 aliphatic heterocycles. The fraction of sp³-hybridized carbons (Fsp3) is 0.909. The van der Waals surface area contributed by atoms with E-state index >= 15 is 0 Å². The highest BCUT2D eigenvalue weighted by Gasteiger charge is 2.20. The van der Waals surface area contributed by atoms with E-state index in [1.807, 2.05) is 0 Å². The second kappa shape index (κ2) is 3.60. The average Bonchev–Trinajstić information content (AvgIpc) is 1.80. The first-order chi connectivity index (χ1) is 5.45. The molecule has 0 heterocycles. The van der Waals surface area contributed by atoms with Crippen molar-refractivity contribution in [1.82, 2.24) is 0 Å². The van der Waals surface area contributed by atoms with E-state index in [0.717, 1.165) is 11.8 Å². The van der Waals surface area contributed by atoms with Gasteiger partial charge in [-0.2, -0.15) is 0 Å². The minimum atomic E-state index is 1.07. The van der Waals surface area contributed by atoms with Crippen LogP contribution in [0.15, 0.2) is 0 Å². The second-order valence-corrected chi connectivity index (χ2v) is 4.35. The molecule has 0 N–H and O–H groups in total. The SMILES string of the molecule is [CH]1CC2CCCC(C1)CCC2. The van der Waals surface area contributed by atoms with E-state index in [1.54, 1.807) is 0 Å². The summed E-state index contributed by atoms with van der Waals surface area (Å²) in [7, 11) is 0. The van der Waals surface area contributed by atoms with Crippen LogP contribution in [0.1, 0.15) is 51.4 Å². The molecule has 0 spiro atoms. The maximum atomic E-state index is 2.56. The van der Waals surface area contributed by atoms with Gasteiger partial charge in [0.2, 0.25) is 0 Å². The predicted octanol–water partition coefficient (Wildman–Crippen LogP) is 3.57. The summed E-state index contributed by atoms with van der Waals surface area (Å²) < 4.78 is 0. The molecule has 3 saturated carbocycles. The molecule has 2 bridgehead atoms. The Morgan fingerprint density at radius 3 is 1.64 bits per heavy atom. The quantitative estimate of drug-likeness (QED) is 0.496. The first-order valence-corrected chi connectivity index (χ1v) is 5.27. The molecule has 63 valence electrons. The van der Waals surface area contributed by atoms with E-state index in [4.69, 9.17) is 0 Å². The molecular weight excluding hydrogens is 132 g/mol. The summed E-state index contributed by atoms with van der Waals surface area (Å²) in [5, 5.41) is 0. The zero-order valence-electron chi connectivity index (χ0n) is 7.39. The van der Waals surface area contributed by atoms with Gasteiger partial charge in [0.15, 0.2) is 0 Å². The summed E-state index contributed by atoms with van der Waals surface area (Å²) in [6, 6.07) is 0. The largest absolute Gasteiger partial charge is 0.0528 e. The van der Waals surface area contributed by atoms with Gasteiger partial charge in [0.1, 0.15) is 0 Å². The minimum absolute atomic E-state index is 1.07. The molecule has 3 aliphatic carbocycles. The molecule has 1 radical (unpaired) electrons. The zero-order chi connectivity index (χ0) is 7.52. The van der Waals surface area contributed by atoms with Crippen molar-refractivity contribution in [2.45, 2.75) is 51.4 Å². The average molecular weight is 151 g/mol. The summed E-state index contributed by atoms with van der Waals surface area (Å²) in [4.78, 5) is 0. The Morgan fingerprint density at radius 2 is 1.18 bits per heavy atom. The van der Waals surface area contributed by atoms with Gasteiger partial charge in [0.05, 0.1) is 0 Å². The highest BCUT2D eigenvalue weighted by molar-refractivity contribution is 4.81. The normalized spacial score (nSPS) is 39.3. The van der Waals surface area contributed by atoms with Crippen molar-refractivity contribution in [3.05, 3.63) is 6.42 Å². The third-order valence-electron chi connectivity index (χ3n) is 3.45. The lowest BCUT2D eigenvalue weighted by molar-refractivity contribution is 0.280. The summed E-state index contributed by atoms with van der Waals surface area (Å²) in [6.45, 7) is 0. The molecule has 0 atom stereocenters. The first-order valence-electron chi connectivity index (χ1n) is 5.27. The highest BCUT2D eigenvalue weighted by atomic mass is 14.3. The van der Waals surface area contributed by atoms with Crippen molar-refractivity contribution in [2.75, 3.05) is 0 Å². The molecule has 0 aromatic rings. The van der Waals surface area contributed by atoms with Gasteiger partial charge >= 0.3 is 0 Å². The summed E-state index contributed by atoms with van der Waals surface area (Å²) >= 11 is 0. The Labute approximate surface area is 70.4 Å². The van der Waals surface area contributed by atoms with Crippen LogP contribution in [0.5, 0.6) is 0 Å². The molecule has 0 unspecified atom stereocenters. The van der Waals surface area contributed by atoms with Crippen molar-refractivity contribution in [2.24, 2.45) is 11.8 Å². The van der Waals surface area contributed by atoms with Crippen molar-refractivity contribution >= 4 is 0 Å². The molecule has 0 nitrogen and oxygen atoms in total. The van der Waals surface area contributed by atoms with Crippen molar-refractivity contribution in [3.8, 4) is 0 Å². The van der Waals surface area contributed by atoms with Crippen LogP contribution in [0.4, 0.5) is 0 Å². The molecule has 3 aliphatic rings. The summed E-state index contributed by atoms with van der Waals surface area (Å²) in [5.41, 5.74) is 0. The summed E-state index contributed by atoms with van der Waals surface area (Å²) in [6.07, 6.45) is 14.5. The second-order valence-electron chi connectivity index (χ2n) is 4.35. The predicted molar refractivity (Wildman–Crippen MR) is 48.2 cm³/mol. The van der Waals surface area contributed by atoms with Gasteiger partial charge in [-0.05, 0) is 31.1 Å². The van der Waals surface area contributed by atoms with Crippen LogP contribution in [-0.2, 0) is 0 Å². The maximum Gasteiger partial charge on any atom is -0.0380 e. The molecule has 0 aromatic heterocycles. The van der Waals surface area contributed by atoms with E-state index in [2.05, 4.69) is 6.42 Å². The van der Waals surface area contributed by atoms with E-state index < -0.39 is 0 Å². The standard InChI is InChI=1S/C11H19/c1-4-10-6-2-7-11(5-1)9-3-8-10/h1,10-11H,2-9H2. The molecular formula is C11H19. The Hall–Kier alpha value is 0. The van der Waals surface area contributed by atoms with Crippen LogP contribution in [0.25, 0.3) is 0 Å². The third kappa shape index (κ3) is 1.98. The van der Waals surface area contributed by atoms with Gasteiger partial charge in [-0.25, -0.2) is 0 Å². The number of rotatable bonds is 0. The van der Waals surface area contributed by atoms with Crippen LogP contribution >= 0.6 is 0 Å². The first kappa shape index (κ1) is 7.64. The Kier molecular flexibility index (Phi) is 2.50. The highest BCUT2D eigenvalue weighted by Crippen LogP contribution is 2.34. The number of hydrogen-bond donors (Lipinski definition) is 0. The zero-order valence-corrected chi connectivity index (χ0v) is 7.39. The maximum absolute atomic E-state index is 2.56. The lowest BCUT2D eigenvalue weighted by Crippen LogP contribution is -2.14. The molecule has 3 fully saturated rings. The van der Waals surface area contributed by atoms with Crippen molar-refractivity contribution in [1.29, 1.82) is 0 Å². The third-order valence-corrected chi connectivity index (χ3v) is 3.45. The Morgan fingerprint density at radius 1 is 0.727 bits per heavy atom.